The van der Waals surface area contributed by atoms with Crippen molar-refractivity contribution in [2.45, 2.75) is 45.2 Å². The van der Waals surface area contributed by atoms with Gasteiger partial charge in [-0.1, -0.05) is 6.42 Å². The molecule has 1 aromatic heterocycles. The van der Waals surface area contributed by atoms with Gasteiger partial charge in [0.2, 0.25) is 0 Å². The van der Waals surface area contributed by atoms with Gasteiger partial charge in [-0.05, 0) is 38.8 Å². The summed E-state index contributed by atoms with van der Waals surface area (Å²) in [6.45, 7) is 4.51. The van der Waals surface area contributed by atoms with E-state index in [2.05, 4.69) is 29.3 Å². The van der Waals surface area contributed by atoms with E-state index in [-0.39, 0.29) is 0 Å². The largest absolute Gasteiger partial charge is 0.384 e. The summed E-state index contributed by atoms with van der Waals surface area (Å²) in [6.07, 6.45) is 5.60. The highest BCUT2D eigenvalue weighted by Crippen LogP contribution is 2.23. The van der Waals surface area contributed by atoms with E-state index in [1.54, 1.807) is 6.20 Å². The third kappa shape index (κ3) is 2.44. The lowest BCUT2D eigenvalue weighted by Crippen LogP contribution is -2.47. The fourth-order valence-corrected chi connectivity index (χ4v) is 2.26. The molecule has 2 atom stereocenters. The van der Waals surface area contributed by atoms with Gasteiger partial charge in [-0.25, -0.2) is 9.99 Å². The predicted molar refractivity (Wildman–Crippen MR) is 66.9 cm³/mol. The number of aromatic nitrogens is 1. The van der Waals surface area contributed by atoms with Gasteiger partial charge in [0.15, 0.2) is 0 Å². The summed E-state index contributed by atoms with van der Waals surface area (Å²) in [5, 5.41) is 2.32. The first kappa shape index (κ1) is 11.2. The van der Waals surface area contributed by atoms with Crippen LogP contribution in [0, 0.1) is 0 Å². The van der Waals surface area contributed by atoms with Gasteiger partial charge in [-0.3, -0.25) is 0 Å². The Balaban J connectivity index is 2.04. The fraction of sp³-hybridized carbons (Fsp3) is 0.583. The average Bonchev–Trinajstić information content (AvgIpc) is 2.26. The first-order valence-corrected chi connectivity index (χ1v) is 5.93. The van der Waals surface area contributed by atoms with Gasteiger partial charge in [-0.2, -0.15) is 0 Å². The summed E-state index contributed by atoms with van der Waals surface area (Å²) in [6, 6.07) is 4.93. The Bertz CT molecular complexity index is 325. The number of hydrazine groups is 1. The van der Waals surface area contributed by atoms with E-state index >= 15 is 0 Å². The quantitative estimate of drug-likeness (QED) is 0.802. The monoisotopic (exact) mass is 220 g/mol. The maximum Gasteiger partial charge on any atom is 0.123 e. The zero-order valence-electron chi connectivity index (χ0n) is 9.98. The lowest BCUT2D eigenvalue weighted by atomic mass is 10.00. The Labute approximate surface area is 96.8 Å². The Kier molecular flexibility index (Phi) is 3.29. The van der Waals surface area contributed by atoms with Crippen LogP contribution < -0.4 is 11.2 Å². The molecule has 3 N–H and O–H groups in total. The van der Waals surface area contributed by atoms with E-state index in [0.29, 0.717) is 17.9 Å². The maximum absolute atomic E-state index is 5.56. The van der Waals surface area contributed by atoms with Crippen LogP contribution in [0.4, 0.5) is 11.5 Å². The molecule has 0 spiro atoms. The normalized spacial score (nSPS) is 26.6. The highest BCUT2D eigenvalue weighted by Gasteiger charge is 2.24. The Morgan fingerprint density at radius 2 is 2.00 bits per heavy atom. The van der Waals surface area contributed by atoms with Crippen molar-refractivity contribution in [2.24, 2.45) is 0 Å². The van der Waals surface area contributed by atoms with Gasteiger partial charge in [0.1, 0.15) is 5.82 Å². The first-order valence-electron chi connectivity index (χ1n) is 5.93. The van der Waals surface area contributed by atoms with Crippen molar-refractivity contribution in [3.63, 3.8) is 0 Å². The van der Waals surface area contributed by atoms with Crippen molar-refractivity contribution in [3.8, 4) is 0 Å². The minimum atomic E-state index is 0.560. The summed E-state index contributed by atoms with van der Waals surface area (Å²) >= 11 is 0. The van der Waals surface area contributed by atoms with Gasteiger partial charge in [-0.15, -0.1) is 0 Å². The molecule has 0 aromatic carbocycles. The topological polar surface area (TPSA) is 54.2 Å². The Hall–Kier alpha value is -1.29. The second-order valence-corrected chi connectivity index (χ2v) is 4.62. The zero-order chi connectivity index (χ0) is 11.5. The van der Waals surface area contributed by atoms with Crippen molar-refractivity contribution in [2.75, 3.05) is 11.2 Å². The minimum absolute atomic E-state index is 0.560. The van der Waals surface area contributed by atoms with E-state index in [1.807, 2.05) is 12.1 Å². The zero-order valence-corrected chi connectivity index (χ0v) is 9.98. The number of hydrogen-bond acceptors (Lipinski definition) is 4. The molecule has 1 fully saturated rings. The molecule has 4 heteroatoms. The molecule has 88 valence electrons. The highest BCUT2D eigenvalue weighted by molar-refractivity contribution is 5.44. The van der Waals surface area contributed by atoms with Gasteiger partial charge < -0.3 is 11.2 Å². The molecule has 0 aliphatic carbocycles. The maximum atomic E-state index is 5.56. The van der Waals surface area contributed by atoms with E-state index in [0.717, 1.165) is 5.69 Å². The van der Waals surface area contributed by atoms with Crippen molar-refractivity contribution < 1.29 is 0 Å². The predicted octanol–water partition coefficient (Wildman–Crippen LogP) is 2.25. The number of nitrogens with two attached hydrogens (primary N) is 1. The van der Waals surface area contributed by atoms with E-state index in [4.69, 9.17) is 5.73 Å². The van der Waals surface area contributed by atoms with Crippen molar-refractivity contribution in [1.82, 2.24) is 9.99 Å². The third-order valence-electron chi connectivity index (χ3n) is 3.24. The number of anilines is 2. The molecule has 2 unspecified atom stereocenters. The fourth-order valence-electron chi connectivity index (χ4n) is 2.26. The second kappa shape index (κ2) is 4.70. The van der Waals surface area contributed by atoms with Gasteiger partial charge in [0, 0.05) is 12.1 Å². The number of nitrogens with one attached hydrogen (secondary N) is 1. The number of nitrogens with zero attached hydrogens (tertiary/aromatic N) is 2. The SMILES string of the molecule is CC1CCCC(C)N1Nc1ccc(N)nc1. The summed E-state index contributed by atoms with van der Waals surface area (Å²) in [4.78, 5) is 4.08. The molecule has 1 aliphatic heterocycles. The minimum Gasteiger partial charge on any atom is -0.384 e. The molecule has 2 rings (SSSR count). The molecule has 0 amide bonds. The van der Waals surface area contributed by atoms with Crippen LogP contribution in [-0.2, 0) is 0 Å². The van der Waals surface area contributed by atoms with Crippen LogP contribution in [0.1, 0.15) is 33.1 Å². The van der Waals surface area contributed by atoms with E-state index in [1.165, 1.54) is 19.3 Å². The van der Waals surface area contributed by atoms with Crippen molar-refractivity contribution in [3.05, 3.63) is 18.3 Å². The van der Waals surface area contributed by atoms with Crippen LogP contribution >= 0.6 is 0 Å². The molecule has 1 aliphatic rings. The van der Waals surface area contributed by atoms with Gasteiger partial charge in [0.25, 0.3) is 0 Å². The summed E-state index contributed by atoms with van der Waals surface area (Å²) < 4.78 is 0. The molecule has 1 aromatic rings. The van der Waals surface area contributed by atoms with Crippen LogP contribution in [0.15, 0.2) is 18.3 Å². The first-order chi connectivity index (χ1) is 7.66. The van der Waals surface area contributed by atoms with Crippen molar-refractivity contribution in [1.29, 1.82) is 0 Å². The van der Waals surface area contributed by atoms with Gasteiger partial charge >= 0.3 is 0 Å². The summed E-state index contributed by atoms with van der Waals surface area (Å²) in [5.41, 5.74) is 9.99. The van der Waals surface area contributed by atoms with Gasteiger partial charge in [0.05, 0.1) is 11.9 Å². The molecule has 4 nitrogen and oxygen atoms in total. The second-order valence-electron chi connectivity index (χ2n) is 4.62. The van der Waals surface area contributed by atoms with Crippen LogP contribution in [0.3, 0.4) is 0 Å². The van der Waals surface area contributed by atoms with Crippen LogP contribution in [0.5, 0.6) is 0 Å². The number of piperidine rings is 1. The molecular weight excluding hydrogens is 200 g/mol. The Morgan fingerprint density at radius 1 is 1.31 bits per heavy atom. The van der Waals surface area contributed by atoms with Crippen LogP contribution in [-0.4, -0.2) is 22.1 Å². The molecule has 2 heterocycles. The van der Waals surface area contributed by atoms with Crippen molar-refractivity contribution >= 4 is 11.5 Å². The smallest absolute Gasteiger partial charge is 0.123 e. The molecule has 0 radical (unpaired) electrons. The lowest BCUT2D eigenvalue weighted by Gasteiger charge is -2.39. The van der Waals surface area contributed by atoms with Crippen LogP contribution in [0.25, 0.3) is 0 Å². The number of rotatable bonds is 2. The Morgan fingerprint density at radius 3 is 2.56 bits per heavy atom. The number of nitrogen functional groups attached to an aromatic ring is 1. The molecular formula is C12H20N4. The highest BCUT2D eigenvalue weighted by atomic mass is 15.5. The molecule has 16 heavy (non-hydrogen) atoms. The standard InChI is InChI=1S/C12H20N4/c1-9-4-3-5-10(2)16(9)15-11-6-7-12(13)14-8-11/h6-10,15H,3-5H2,1-2H3,(H2,13,14). The number of pyridine rings is 1. The third-order valence-corrected chi connectivity index (χ3v) is 3.24. The lowest BCUT2D eigenvalue weighted by molar-refractivity contribution is 0.135. The molecule has 0 bridgehead atoms. The van der Waals surface area contributed by atoms with E-state index in [9.17, 15) is 0 Å². The summed E-state index contributed by atoms with van der Waals surface area (Å²) in [5.74, 6) is 0.560. The number of hydrogen-bond donors (Lipinski definition) is 2. The average molecular weight is 220 g/mol. The molecule has 1 saturated heterocycles. The summed E-state index contributed by atoms with van der Waals surface area (Å²) in [7, 11) is 0. The molecule has 0 saturated carbocycles. The van der Waals surface area contributed by atoms with Crippen LogP contribution in [0.2, 0.25) is 0 Å². The van der Waals surface area contributed by atoms with E-state index < -0.39 is 0 Å².